The minimum Gasteiger partial charge on any atom is -0.469 e. The first-order valence-corrected chi connectivity index (χ1v) is 5.79. The average Bonchev–Trinajstić information content (AvgIpc) is 2.22. The molecule has 0 radical (unpaired) electrons. The van der Waals surface area contributed by atoms with Crippen molar-refractivity contribution in [3.05, 3.63) is 20.9 Å². The van der Waals surface area contributed by atoms with Crippen LogP contribution in [0.4, 0.5) is 13.2 Å². The van der Waals surface area contributed by atoms with E-state index >= 15 is 0 Å². The molecule has 0 aliphatic heterocycles. The summed E-state index contributed by atoms with van der Waals surface area (Å²) in [4.78, 5) is 14.8. The molecule has 8 heteroatoms. The number of carbonyl (C=O) groups excluding carboxylic acids is 1. The van der Waals surface area contributed by atoms with Gasteiger partial charge in [0.15, 0.2) is 0 Å². The molecule has 100 valence electrons. The molecule has 0 spiro atoms. The summed E-state index contributed by atoms with van der Waals surface area (Å²) in [7, 11) is 1.20. The van der Waals surface area contributed by atoms with Crippen molar-refractivity contribution in [2.75, 3.05) is 7.11 Å². The monoisotopic (exact) mass is 375 g/mol. The van der Waals surface area contributed by atoms with Crippen molar-refractivity contribution in [3.8, 4) is 5.88 Å². The van der Waals surface area contributed by atoms with E-state index in [-0.39, 0.29) is 9.99 Å². The Hall–Kier alpha value is -1.06. The molecule has 0 aromatic carbocycles. The van der Waals surface area contributed by atoms with Gasteiger partial charge in [0.25, 0.3) is 0 Å². The van der Waals surface area contributed by atoms with E-state index in [2.05, 4.69) is 14.5 Å². The maximum absolute atomic E-state index is 12.2. The Kier molecular flexibility index (Phi) is 4.77. The second kappa shape index (κ2) is 5.72. The molecule has 0 atom stereocenters. The number of alkyl halides is 3. The van der Waals surface area contributed by atoms with Crippen LogP contribution in [0.5, 0.6) is 5.88 Å². The highest BCUT2D eigenvalue weighted by atomic mass is 127. The van der Waals surface area contributed by atoms with Crippen LogP contribution < -0.4 is 4.74 Å². The van der Waals surface area contributed by atoms with Crippen LogP contribution in [-0.4, -0.2) is 24.4 Å². The fourth-order valence-corrected chi connectivity index (χ4v) is 1.81. The fraction of sp³-hybridized carbons (Fsp3) is 0.400. The van der Waals surface area contributed by atoms with Crippen LogP contribution in [-0.2, 0) is 16.0 Å². The van der Waals surface area contributed by atoms with Crippen molar-refractivity contribution in [1.82, 2.24) is 4.98 Å². The maximum Gasteiger partial charge on any atom is 0.574 e. The molecule has 1 heterocycles. The van der Waals surface area contributed by atoms with Crippen molar-refractivity contribution in [2.24, 2.45) is 0 Å². The smallest absolute Gasteiger partial charge is 0.469 e. The van der Waals surface area contributed by atoms with Crippen molar-refractivity contribution in [1.29, 1.82) is 0 Å². The lowest BCUT2D eigenvalue weighted by atomic mass is 10.1. The van der Waals surface area contributed by atoms with E-state index in [0.717, 1.165) is 0 Å². The Balaban J connectivity index is 3.10. The zero-order valence-electron chi connectivity index (χ0n) is 9.47. The first-order chi connectivity index (χ1) is 8.23. The van der Waals surface area contributed by atoms with Gasteiger partial charge in [-0.25, -0.2) is 4.98 Å². The number of pyridine rings is 1. The topological polar surface area (TPSA) is 48.4 Å². The second-order valence-electron chi connectivity index (χ2n) is 3.34. The molecule has 0 N–H and O–H groups in total. The fourth-order valence-electron chi connectivity index (χ4n) is 1.23. The van der Waals surface area contributed by atoms with E-state index in [9.17, 15) is 18.0 Å². The number of methoxy groups -OCH3 is 1. The first-order valence-electron chi connectivity index (χ1n) is 4.71. The van der Waals surface area contributed by atoms with E-state index in [1.165, 1.54) is 20.1 Å². The predicted molar refractivity (Wildman–Crippen MR) is 64.1 cm³/mol. The van der Waals surface area contributed by atoms with Gasteiger partial charge in [0, 0.05) is 5.69 Å². The second-order valence-corrected chi connectivity index (χ2v) is 4.42. The van der Waals surface area contributed by atoms with Gasteiger partial charge in [-0.05, 0) is 41.1 Å². The molecule has 18 heavy (non-hydrogen) atoms. The van der Waals surface area contributed by atoms with Crippen LogP contribution in [0.3, 0.4) is 0 Å². The van der Waals surface area contributed by atoms with Gasteiger partial charge in [-0.15, -0.1) is 13.2 Å². The largest absolute Gasteiger partial charge is 0.574 e. The highest BCUT2D eigenvalue weighted by molar-refractivity contribution is 14.1. The zero-order valence-corrected chi connectivity index (χ0v) is 11.6. The number of hydrogen-bond acceptors (Lipinski definition) is 4. The van der Waals surface area contributed by atoms with Crippen LogP contribution >= 0.6 is 22.6 Å². The number of aryl methyl sites for hydroxylation is 1. The van der Waals surface area contributed by atoms with Crippen LogP contribution in [0.15, 0.2) is 6.07 Å². The number of carbonyl (C=O) groups is 1. The molecule has 0 fully saturated rings. The van der Waals surface area contributed by atoms with E-state index in [0.29, 0.717) is 11.3 Å². The average molecular weight is 375 g/mol. The van der Waals surface area contributed by atoms with Gasteiger partial charge in [0.05, 0.1) is 17.1 Å². The number of halogens is 4. The van der Waals surface area contributed by atoms with Crippen LogP contribution in [0.1, 0.15) is 11.3 Å². The van der Waals surface area contributed by atoms with E-state index in [1.54, 1.807) is 22.6 Å². The molecule has 0 unspecified atom stereocenters. The molecule has 1 aromatic rings. The van der Waals surface area contributed by atoms with Crippen molar-refractivity contribution < 1.29 is 27.4 Å². The minimum atomic E-state index is -4.82. The lowest BCUT2D eigenvalue weighted by molar-refractivity contribution is -0.276. The Morgan fingerprint density at radius 1 is 1.50 bits per heavy atom. The Morgan fingerprint density at radius 2 is 2.11 bits per heavy atom. The SMILES string of the molecule is COC(=O)Cc1cc(C)nc(OC(F)(F)F)c1I. The molecule has 0 bridgehead atoms. The summed E-state index contributed by atoms with van der Waals surface area (Å²) in [6.45, 7) is 1.51. The third kappa shape index (κ3) is 4.31. The highest BCUT2D eigenvalue weighted by Crippen LogP contribution is 2.29. The van der Waals surface area contributed by atoms with Gasteiger partial charge >= 0.3 is 12.3 Å². The predicted octanol–water partition coefficient (Wildman–Crippen LogP) is 2.61. The van der Waals surface area contributed by atoms with Gasteiger partial charge in [-0.1, -0.05) is 0 Å². The summed E-state index contributed by atoms with van der Waals surface area (Å²) in [6, 6.07) is 1.52. The molecule has 1 aromatic heterocycles. The summed E-state index contributed by atoms with van der Waals surface area (Å²) in [5.41, 5.74) is 0.711. The highest BCUT2D eigenvalue weighted by Gasteiger charge is 2.33. The molecule has 0 saturated heterocycles. The third-order valence-electron chi connectivity index (χ3n) is 1.91. The van der Waals surface area contributed by atoms with Crippen LogP contribution in [0, 0.1) is 10.5 Å². The van der Waals surface area contributed by atoms with Crippen molar-refractivity contribution >= 4 is 28.6 Å². The van der Waals surface area contributed by atoms with Gasteiger partial charge in [0.1, 0.15) is 0 Å². The Bertz CT molecular complexity index is 462. The summed E-state index contributed by atoms with van der Waals surface area (Å²) in [5.74, 6) is -1.10. The van der Waals surface area contributed by atoms with Crippen LogP contribution in [0.2, 0.25) is 0 Å². The van der Waals surface area contributed by atoms with Gasteiger partial charge in [0.2, 0.25) is 5.88 Å². The molecular weight excluding hydrogens is 366 g/mol. The van der Waals surface area contributed by atoms with E-state index in [4.69, 9.17) is 0 Å². The molecular formula is C10H9F3INO3. The van der Waals surface area contributed by atoms with E-state index < -0.39 is 18.2 Å². The normalized spacial score (nSPS) is 11.2. The lowest BCUT2D eigenvalue weighted by Crippen LogP contribution is -2.19. The third-order valence-corrected chi connectivity index (χ3v) is 3.06. The Labute approximate surface area is 115 Å². The number of nitrogens with zero attached hydrogens (tertiary/aromatic N) is 1. The molecule has 1 rings (SSSR count). The maximum atomic E-state index is 12.2. The van der Waals surface area contributed by atoms with Crippen molar-refractivity contribution in [3.63, 3.8) is 0 Å². The number of hydrogen-bond donors (Lipinski definition) is 0. The number of rotatable bonds is 3. The van der Waals surface area contributed by atoms with Crippen LogP contribution in [0.25, 0.3) is 0 Å². The number of esters is 1. The minimum absolute atomic E-state index is 0.133. The van der Waals surface area contributed by atoms with Gasteiger partial charge in [-0.2, -0.15) is 0 Å². The zero-order chi connectivity index (χ0) is 13.9. The van der Waals surface area contributed by atoms with Gasteiger partial charge in [-0.3, -0.25) is 4.79 Å². The summed E-state index contributed by atoms with van der Waals surface area (Å²) in [6.07, 6.45) is -4.95. The first kappa shape index (κ1) is 15.0. The number of aromatic nitrogens is 1. The molecule has 0 saturated carbocycles. The summed E-state index contributed by atoms with van der Waals surface area (Å²) >= 11 is 1.65. The standard InChI is InChI=1S/C10H9F3INO3/c1-5-3-6(4-7(16)17-2)8(14)9(15-5)18-10(11,12)13/h3H,4H2,1-2H3. The lowest BCUT2D eigenvalue weighted by Gasteiger charge is -2.12. The quantitative estimate of drug-likeness (QED) is 0.602. The summed E-state index contributed by atoms with van der Waals surface area (Å²) < 4.78 is 44.9. The summed E-state index contributed by atoms with van der Waals surface area (Å²) in [5, 5.41) is 0. The molecule has 0 amide bonds. The van der Waals surface area contributed by atoms with E-state index in [1.807, 2.05) is 0 Å². The van der Waals surface area contributed by atoms with Crippen molar-refractivity contribution in [2.45, 2.75) is 19.7 Å². The molecule has 0 aliphatic carbocycles. The molecule has 0 aliphatic rings. The van der Waals surface area contributed by atoms with Gasteiger partial charge < -0.3 is 9.47 Å². The number of ether oxygens (including phenoxy) is 2. The molecule has 4 nitrogen and oxygen atoms in total. The Morgan fingerprint density at radius 3 is 2.61 bits per heavy atom.